The Morgan fingerprint density at radius 3 is 1.64 bits per heavy atom. The van der Waals surface area contributed by atoms with Crippen LogP contribution in [0.2, 0.25) is 0 Å². The molecular weight excluding hydrogens is 570 g/mol. The van der Waals surface area contributed by atoms with Gasteiger partial charge in [0.15, 0.2) is 17.5 Å². The summed E-state index contributed by atoms with van der Waals surface area (Å²) in [6.45, 7) is 4.27. The Bertz CT molecular complexity index is 1500. The summed E-state index contributed by atoms with van der Waals surface area (Å²) in [5.74, 6) is 1.29. The van der Waals surface area contributed by atoms with Gasteiger partial charge in [-0.2, -0.15) is 0 Å². The number of phenols is 2. The van der Waals surface area contributed by atoms with Crippen LogP contribution in [0.5, 0.6) is 23.0 Å². The zero-order valence-electron chi connectivity index (χ0n) is 24.6. The summed E-state index contributed by atoms with van der Waals surface area (Å²) in [7, 11) is 0. The molecular formula is C32H37N3O9. The van der Waals surface area contributed by atoms with Crippen molar-refractivity contribution in [3.05, 3.63) is 66.2 Å². The molecule has 12 nitrogen and oxygen atoms in total. The number of aliphatic hydroxyl groups is 3. The van der Waals surface area contributed by atoms with Crippen molar-refractivity contribution in [3.8, 4) is 57.2 Å². The predicted octanol–water partition coefficient (Wildman–Crippen LogP) is 3.12. The molecule has 0 saturated heterocycles. The zero-order valence-corrected chi connectivity index (χ0v) is 24.6. The summed E-state index contributed by atoms with van der Waals surface area (Å²) < 4.78 is 21.8. The lowest BCUT2D eigenvalue weighted by molar-refractivity contribution is -0.00139. The van der Waals surface area contributed by atoms with E-state index in [0.29, 0.717) is 28.5 Å². The van der Waals surface area contributed by atoms with Crippen molar-refractivity contribution in [3.63, 3.8) is 0 Å². The minimum Gasteiger partial charge on any atom is -0.507 e. The van der Waals surface area contributed by atoms with E-state index >= 15 is 0 Å². The van der Waals surface area contributed by atoms with Crippen LogP contribution in [0.1, 0.15) is 12.5 Å². The van der Waals surface area contributed by atoms with Gasteiger partial charge in [0.05, 0.1) is 50.3 Å². The van der Waals surface area contributed by atoms with Crippen molar-refractivity contribution in [2.75, 3.05) is 46.2 Å². The standard InChI is InChI=1S/C32H37N3O9/c1-20-3-5-22(6-4-20)30-33-31(26-9-7-24(15-28(26)39)43-13-11-41-18-21(2)37)35-32(34-30)27-10-8-25(16-29(27)40)44-14-12-42-19-23(38)17-36/h3-10,15-16,21,23,36-40H,11-14,17-19H2,1-2H3. The number of aryl methyl sites for hydroxylation is 1. The molecule has 0 saturated carbocycles. The van der Waals surface area contributed by atoms with Gasteiger partial charge in [0.2, 0.25) is 0 Å². The summed E-state index contributed by atoms with van der Waals surface area (Å²) in [4.78, 5) is 13.8. The first-order valence-corrected chi connectivity index (χ1v) is 14.1. The van der Waals surface area contributed by atoms with Gasteiger partial charge >= 0.3 is 0 Å². The van der Waals surface area contributed by atoms with Gasteiger partial charge in [0.1, 0.15) is 42.3 Å². The van der Waals surface area contributed by atoms with Crippen molar-refractivity contribution >= 4 is 0 Å². The lowest BCUT2D eigenvalue weighted by Crippen LogP contribution is -2.21. The van der Waals surface area contributed by atoms with E-state index in [4.69, 9.17) is 24.1 Å². The molecule has 12 heteroatoms. The number of ether oxygens (including phenoxy) is 4. The molecule has 5 N–H and O–H groups in total. The number of aliphatic hydroxyl groups excluding tert-OH is 3. The molecule has 0 aliphatic rings. The maximum Gasteiger partial charge on any atom is 0.167 e. The quantitative estimate of drug-likeness (QED) is 0.118. The van der Waals surface area contributed by atoms with Gasteiger partial charge in [0, 0.05) is 17.7 Å². The van der Waals surface area contributed by atoms with E-state index in [1.54, 1.807) is 31.2 Å². The summed E-state index contributed by atoms with van der Waals surface area (Å²) >= 11 is 0. The van der Waals surface area contributed by atoms with Gasteiger partial charge < -0.3 is 44.5 Å². The highest BCUT2D eigenvalue weighted by Crippen LogP contribution is 2.35. The van der Waals surface area contributed by atoms with E-state index in [9.17, 15) is 20.4 Å². The summed E-state index contributed by atoms with van der Waals surface area (Å²) in [5, 5.41) is 49.2. The molecule has 0 radical (unpaired) electrons. The van der Waals surface area contributed by atoms with Crippen LogP contribution in [0.25, 0.3) is 34.2 Å². The van der Waals surface area contributed by atoms with Gasteiger partial charge in [-0.3, -0.25) is 0 Å². The fourth-order valence-corrected chi connectivity index (χ4v) is 3.99. The second kappa shape index (κ2) is 15.9. The number of hydrogen-bond donors (Lipinski definition) is 5. The number of hydrogen-bond acceptors (Lipinski definition) is 12. The lowest BCUT2D eigenvalue weighted by Gasteiger charge is -2.13. The second-order valence-electron chi connectivity index (χ2n) is 10.1. The molecule has 1 heterocycles. The Morgan fingerprint density at radius 2 is 1.16 bits per heavy atom. The highest BCUT2D eigenvalue weighted by molar-refractivity contribution is 5.72. The smallest absolute Gasteiger partial charge is 0.167 e. The van der Waals surface area contributed by atoms with Crippen LogP contribution in [-0.4, -0.2) is 98.9 Å². The van der Waals surface area contributed by atoms with E-state index < -0.39 is 12.2 Å². The van der Waals surface area contributed by atoms with E-state index in [-0.39, 0.29) is 69.4 Å². The zero-order chi connectivity index (χ0) is 31.5. The number of benzene rings is 3. The van der Waals surface area contributed by atoms with Crippen molar-refractivity contribution in [1.82, 2.24) is 15.0 Å². The highest BCUT2D eigenvalue weighted by atomic mass is 16.5. The molecule has 0 aliphatic carbocycles. The molecule has 0 bridgehead atoms. The van der Waals surface area contributed by atoms with Crippen LogP contribution >= 0.6 is 0 Å². The predicted molar refractivity (Wildman–Crippen MR) is 162 cm³/mol. The van der Waals surface area contributed by atoms with E-state index in [0.717, 1.165) is 11.1 Å². The fraction of sp³-hybridized carbons (Fsp3) is 0.344. The lowest BCUT2D eigenvalue weighted by atomic mass is 10.1. The first kappa shape index (κ1) is 32.6. The molecule has 234 valence electrons. The molecule has 0 amide bonds. The molecule has 0 aliphatic heterocycles. The number of nitrogens with zero attached hydrogens (tertiary/aromatic N) is 3. The Morgan fingerprint density at radius 1 is 0.659 bits per heavy atom. The average Bonchev–Trinajstić information content (AvgIpc) is 3.00. The van der Waals surface area contributed by atoms with Gasteiger partial charge in [0.25, 0.3) is 0 Å². The first-order chi connectivity index (χ1) is 21.2. The molecule has 4 rings (SSSR count). The van der Waals surface area contributed by atoms with Crippen LogP contribution in [0.4, 0.5) is 0 Å². The highest BCUT2D eigenvalue weighted by Gasteiger charge is 2.18. The topological polar surface area (TPSA) is 177 Å². The van der Waals surface area contributed by atoms with Crippen molar-refractivity contribution < 1.29 is 44.5 Å². The van der Waals surface area contributed by atoms with Crippen molar-refractivity contribution in [1.29, 1.82) is 0 Å². The number of rotatable bonds is 16. The molecule has 1 aromatic heterocycles. The summed E-state index contributed by atoms with van der Waals surface area (Å²) in [6, 6.07) is 17.1. The van der Waals surface area contributed by atoms with Gasteiger partial charge in [-0.05, 0) is 38.1 Å². The summed E-state index contributed by atoms with van der Waals surface area (Å²) in [5.41, 5.74) is 2.46. The maximum absolute atomic E-state index is 10.9. The second-order valence-corrected chi connectivity index (χ2v) is 10.1. The molecule has 44 heavy (non-hydrogen) atoms. The van der Waals surface area contributed by atoms with Crippen LogP contribution in [-0.2, 0) is 9.47 Å². The van der Waals surface area contributed by atoms with Crippen LogP contribution in [0.15, 0.2) is 60.7 Å². The Labute approximate surface area is 255 Å². The van der Waals surface area contributed by atoms with Crippen LogP contribution < -0.4 is 9.47 Å². The minimum absolute atomic E-state index is 0.0137. The summed E-state index contributed by atoms with van der Waals surface area (Å²) in [6.07, 6.45) is -1.51. The third kappa shape index (κ3) is 9.33. The van der Waals surface area contributed by atoms with E-state index in [2.05, 4.69) is 15.0 Å². The molecule has 2 atom stereocenters. The van der Waals surface area contributed by atoms with Gasteiger partial charge in [-0.1, -0.05) is 29.8 Å². The third-order valence-electron chi connectivity index (χ3n) is 6.24. The maximum atomic E-state index is 10.9. The fourth-order valence-electron chi connectivity index (χ4n) is 3.99. The Kier molecular flexibility index (Phi) is 11.8. The molecule has 4 aromatic rings. The van der Waals surface area contributed by atoms with E-state index in [1.807, 2.05) is 31.2 Å². The van der Waals surface area contributed by atoms with Crippen molar-refractivity contribution in [2.45, 2.75) is 26.1 Å². The van der Waals surface area contributed by atoms with Crippen LogP contribution in [0.3, 0.4) is 0 Å². The normalized spacial score (nSPS) is 12.6. The van der Waals surface area contributed by atoms with Gasteiger partial charge in [-0.25, -0.2) is 15.0 Å². The van der Waals surface area contributed by atoms with Crippen LogP contribution in [0, 0.1) is 6.92 Å². The Hall–Kier alpha value is -4.33. The number of aromatic nitrogens is 3. The SMILES string of the molecule is Cc1ccc(-c2nc(-c3ccc(OCCOCC(C)O)cc3O)nc(-c3ccc(OCCOCC(O)CO)cc3O)n2)cc1. The number of phenolic OH excluding ortho intramolecular Hbond substituents is 2. The third-order valence-corrected chi connectivity index (χ3v) is 6.24. The minimum atomic E-state index is -0.950. The molecule has 2 unspecified atom stereocenters. The molecule has 3 aromatic carbocycles. The largest absolute Gasteiger partial charge is 0.507 e. The van der Waals surface area contributed by atoms with Crippen molar-refractivity contribution in [2.24, 2.45) is 0 Å². The van der Waals surface area contributed by atoms with E-state index in [1.165, 1.54) is 12.1 Å². The molecule has 0 spiro atoms. The first-order valence-electron chi connectivity index (χ1n) is 14.1. The van der Waals surface area contributed by atoms with Gasteiger partial charge in [-0.15, -0.1) is 0 Å². The number of aromatic hydroxyl groups is 2. The Balaban J connectivity index is 1.57. The monoisotopic (exact) mass is 607 g/mol. The molecule has 0 fully saturated rings. The average molecular weight is 608 g/mol.